The Bertz CT molecular complexity index is 885. The van der Waals surface area contributed by atoms with Crippen LogP contribution in [0.1, 0.15) is 21.5 Å². The topological polar surface area (TPSA) is 58.6 Å². The Balaban J connectivity index is 1.63. The summed E-state index contributed by atoms with van der Waals surface area (Å²) < 4.78 is 6.24. The van der Waals surface area contributed by atoms with Crippen LogP contribution in [-0.2, 0) is 6.61 Å². The van der Waals surface area contributed by atoms with Crippen molar-refractivity contribution in [1.29, 1.82) is 0 Å². The number of phenolic OH excluding ortho intramolecular Hbond substituents is 1. The van der Waals surface area contributed by atoms with E-state index in [0.29, 0.717) is 27.9 Å². The van der Waals surface area contributed by atoms with Gasteiger partial charge in [-0.2, -0.15) is 0 Å². The monoisotopic (exact) mass is 411 g/mol. The van der Waals surface area contributed by atoms with Crippen molar-refractivity contribution in [1.82, 2.24) is 0 Å². The van der Waals surface area contributed by atoms with Crippen molar-refractivity contribution in [2.24, 2.45) is 0 Å². The minimum absolute atomic E-state index is 0.172. The first-order valence-corrected chi connectivity index (χ1v) is 8.89. The Hall–Kier alpha value is -2.79. The summed E-state index contributed by atoms with van der Waals surface area (Å²) in [5, 5.41) is 12.6. The molecule has 26 heavy (non-hydrogen) atoms. The molecule has 0 aliphatic heterocycles. The van der Waals surface area contributed by atoms with E-state index in [1.54, 1.807) is 31.2 Å². The maximum atomic E-state index is 12.4. The minimum atomic E-state index is -0.211. The number of amides is 1. The fraction of sp³-hybridized carbons (Fsp3) is 0.0952. The molecule has 0 bridgehead atoms. The van der Waals surface area contributed by atoms with E-state index < -0.39 is 0 Å². The number of aromatic hydroxyl groups is 1. The lowest BCUT2D eigenvalue weighted by Gasteiger charge is -2.10. The van der Waals surface area contributed by atoms with E-state index in [2.05, 4.69) is 21.2 Å². The molecule has 0 aliphatic carbocycles. The predicted octanol–water partition coefficient (Wildman–Crippen LogP) is 5.29. The van der Waals surface area contributed by atoms with Crippen molar-refractivity contribution >= 4 is 27.5 Å². The van der Waals surface area contributed by atoms with Gasteiger partial charge in [0.05, 0.1) is 4.47 Å². The number of para-hydroxylation sites is 1. The van der Waals surface area contributed by atoms with E-state index in [1.807, 2.05) is 42.5 Å². The Morgan fingerprint density at radius 1 is 1.08 bits per heavy atom. The van der Waals surface area contributed by atoms with Gasteiger partial charge in [0, 0.05) is 11.3 Å². The molecule has 2 N–H and O–H groups in total. The molecule has 0 radical (unpaired) electrons. The van der Waals surface area contributed by atoms with Gasteiger partial charge in [-0.05, 0) is 70.4 Å². The average Bonchev–Trinajstić information content (AvgIpc) is 2.65. The van der Waals surface area contributed by atoms with Gasteiger partial charge in [-0.25, -0.2) is 0 Å². The van der Waals surface area contributed by atoms with Crippen molar-refractivity contribution < 1.29 is 14.6 Å². The third-order valence-corrected chi connectivity index (χ3v) is 4.48. The standard InChI is InChI=1S/C21H18BrNO3/c1-14-11-17(12-19(22)20(14)24)23-21(25)16-9-7-15(8-10-16)13-26-18-5-3-2-4-6-18/h2-12,24H,13H2,1H3,(H,23,25). The molecule has 0 unspecified atom stereocenters. The third kappa shape index (κ3) is 4.43. The van der Waals surface area contributed by atoms with Gasteiger partial charge < -0.3 is 15.2 Å². The molecule has 0 saturated carbocycles. The number of phenols is 1. The summed E-state index contributed by atoms with van der Waals surface area (Å²) in [4.78, 5) is 12.4. The molecule has 0 atom stereocenters. The number of halogens is 1. The molecule has 5 heteroatoms. The first-order chi connectivity index (χ1) is 12.5. The molecule has 0 heterocycles. The number of benzene rings is 3. The molecule has 0 saturated heterocycles. The molecule has 3 rings (SSSR count). The highest BCUT2D eigenvalue weighted by Crippen LogP contribution is 2.31. The van der Waals surface area contributed by atoms with Gasteiger partial charge in [0.15, 0.2) is 0 Å². The highest BCUT2D eigenvalue weighted by molar-refractivity contribution is 9.10. The lowest BCUT2D eigenvalue weighted by molar-refractivity contribution is 0.102. The van der Waals surface area contributed by atoms with E-state index in [1.165, 1.54) is 0 Å². The number of carbonyl (C=O) groups is 1. The van der Waals surface area contributed by atoms with Crippen molar-refractivity contribution in [2.75, 3.05) is 5.32 Å². The number of hydrogen-bond acceptors (Lipinski definition) is 3. The molecule has 132 valence electrons. The molecule has 3 aromatic rings. The number of hydrogen-bond donors (Lipinski definition) is 2. The van der Waals surface area contributed by atoms with Crippen LogP contribution in [-0.4, -0.2) is 11.0 Å². The highest BCUT2D eigenvalue weighted by atomic mass is 79.9. The van der Waals surface area contributed by atoms with Crippen LogP contribution < -0.4 is 10.1 Å². The minimum Gasteiger partial charge on any atom is -0.506 e. The number of carbonyl (C=O) groups excluding carboxylic acids is 1. The van der Waals surface area contributed by atoms with Crippen LogP contribution >= 0.6 is 15.9 Å². The van der Waals surface area contributed by atoms with Crippen molar-refractivity contribution in [3.05, 3.63) is 87.9 Å². The molecule has 1 amide bonds. The van der Waals surface area contributed by atoms with Gasteiger partial charge in [0.2, 0.25) is 0 Å². The maximum Gasteiger partial charge on any atom is 0.255 e. The van der Waals surface area contributed by atoms with Crippen molar-refractivity contribution in [2.45, 2.75) is 13.5 Å². The van der Waals surface area contributed by atoms with Gasteiger partial charge in [-0.1, -0.05) is 30.3 Å². The zero-order valence-corrected chi connectivity index (χ0v) is 15.8. The number of anilines is 1. The molecule has 0 fully saturated rings. The lowest BCUT2D eigenvalue weighted by Crippen LogP contribution is -2.12. The number of rotatable bonds is 5. The Morgan fingerprint density at radius 3 is 2.42 bits per heavy atom. The second kappa shape index (κ2) is 8.06. The van der Waals surface area contributed by atoms with E-state index in [0.717, 1.165) is 11.3 Å². The molecule has 0 aromatic heterocycles. The van der Waals surface area contributed by atoms with Crippen LogP contribution in [0.15, 0.2) is 71.2 Å². The predicted molar refractivity (Wildman–Crippen MR) is 106 cm³/mol. The Morgan fingerprint density at radius 2 is 1.77 bits per heavy atom. The van der Waals surface area contributed by atoms with E-state index in [4.69, 9.17) is 4.74 Å². The molecule has 3 aromatic carbocycles. The SMILES string of the molecule is Cc1cc(NC(=O)c2ccc(COc3ccccc3)cc2)cc(Br)c1O. The van der Waals surface area contributed by atoms with Gasteiger partial charge in [-0.15, -0.1) is 0 Å². The fourth-order valence-corrected chi connectivity index (χ4v) is 3.01. The quantitative estimate of drug-likeness (QED) is 0.560. The first-order valence-electron chi connectivity index (χ1n) is 8.10. The molecular formula is C21H18BrNO3. The number of ether oxygens (including phenoxy) is 1. The molecule has 0 spiro atoms. The van der Waals surface area contributed by atoms with Crippen LogP contribution in [0.2, 0.25) is 0 Å². The summed E-state index contributed by atoms with van der Waals surface area (Å²) >= 11 is 3.27. The van der Waals surface area contributed by atoms with Crippen molar-refractivity contribution in [3.63, 3.8) is 0 Å². The average molecular weight is 412 g/mol. The second-order valence-corrected chi connectivity index (χ2v) is 6.73. The van der Waals surface area contributed by atoms with Gasteiger partial charge in [-0.3, -0.25) is 4.79 Å². The summed E-state index contributed by atoms with van der Waals surface area (Å²) in [5.41, 5.74) is 2.83. The number of nitrogens with one attached hydrogen (secondary N) is 1. The van der Waals surface area contributed by atoms with Gasteiger partial charge >= 0.3 is 0 Å². The molecule has 0 aliphatic rings. The smallest absolute Gasteiger partial charge is 0.255 e. The summed E-state index contributed by atoms with van der Waals surface area (Å²) in [5.74, 6) is 0.769. The van der Waals surface area contributed by atoms with Crippen molar-refractivity contribution in [3.8, 4) is 11.5 Å². The van der Waals surface area contributed by atoms with Gasteiger partial charge in [0.25, 0.3) is 5.91 Å². The van der Waals surface area contributed by atoms with Crippen LogP contribution in [0.5, 0.6) is 11.5 Å². The summed E-state index contributed by atoms with van der Waals surface area (Å²) in [6.45, 7) is 2.22. The lowest BCUT2D eigenvalue weighted by atomic mass is 10.1. The zero-order valence-electron chi connectivity index (χ0n) is 14.2. The largest absolute Gasteiger partial charge is 0.506 e. The summed E-state index contributed by atoms with van der Waals surface area (Å²) in [7, 11) is 0. The molecular weight excluding hydrogens is 394 g/mol. The zero-order chi connectivity index (χ0) is 18.5. The van der Waals surface area contributed by atoms with E-state index in [9.17, 15) is 9.90 Å². The fourth-order valence-electron chi connectivity index (χ4n) is 2.45. The van der Waals surface area contributed by atoms with Crippen LogP contribution in [0.3, 0.4) is 0 Å². The Labute approximate surface area is 160 Å². The second-order valence-electron chi connectivity index (χ2n) is 5.88. The highest BCUT2D eigenvalue weighted by Gasteiger charge is 2.09. The van der Waals surface area contributed by atoms with E-state index >= 15 is 0 Å². The van der Waals surface area contributed by atoms with Crippen LogP contribution in [0, 0.1) is 6.92 Å². The third-order valence-electron chi connectivity index (χ3n) is 3.88. The van der Waals surface area contributed by atoms with Crippen LogP contribution in [0.4, 0.5) is 5.69 Å². The molecule has 4 nitrogen and oxygen atoms in total. The van der Waals surface area contributed by atoms with E-state index in [-0.39, 0.29) is 11.7 Å². The van der Waals surface area contributed by atoms with Gasteiger partial charge in [0.1, 0.15) is 18.1 Å². The Kier molecular flexibility index (Phi) is 5.58. The summed E-state index contributed by atoms with van der Waals surface area (Å²) in [6.07, 6.45) is 0. The normalized spacial score (nSPS) is 10.4. The first kappa shape index (κ1) is 18.0. The number of aryl methyl sites for hydroxylation is 1. The summed E-state index contributed by atoms with van der Waals surface area (Å²) in [6, 6.07) is 20.3. The van der Waals surface area contributed by atoms with Crippen LogP contribution in [0.25, 0.3) is 0 Å². The maximum absolute atomic E-state index is 12.4.